The summed E-state index contributed by atoms with van der Waals surface area (Å²) >= 11 is 0. The summed E-state index contributed by atoms with van der Waals surface area (Å²) in [6.45, 7) is 1.60. The summed E-state index contributed by atoms with van der Waals surface area (Å²) < 4.78 is 5.48. The van der Waals surface area contributed by atoms with E-state index in [-0.39, 0.29) is 18.4 Å². The van der Waals surface area contributed by atoms with Crippen molar-refractivity contribution in [2.24, 2.45) is 5.92 Å². The molecule has 132 valence electrons. The first kappa shape index (κ1) is 17.4. The van der Waals surface area contributed by atoms with Crippen LogP contribution in [0.2, 0.25) is 0 Å². The zero-order valence-corrected chi connectivity index (χ0v) is 14.4. The fourth-order valence-corrected chi connectivity index (χ4v) is 4.00. The Morgan fingerprint density at radius 1 is 1.25 bits per heavy atom. The van der Waals surface area contributed by atoms with Gasteiger partial charge in [0.1, 0.15) is 0 Å². The van der Waals surface area contributed by atoms with Gasteiger partial charge in [-0.25, -0.2) is 0 Å². The highest BCUT2D eigenvalue weighted by atomic mass is 16.5. The van der Waals surface area contributed by atoms with E-state index in [1.807, 2.05) is 18.2 Å². The minimum absolute atomic E-state index is 0.00223. The smallest absolute Gasteiger partial charge is 0.223 e. The number of carbonyl (C=O) groups is 1. The van der Waals surface area contributed by atoms with Crippen LogP contribution in [0.1, 0.15) is 63.0 Å². The van der Waals surface area contributed by atoms with E-state index in [4.69, 9.17) is 4.74 Å². The van der Waals surface area contributed by atoms with Crippen molar-refractivity contribution in [1.29, 1.82) is 0 Å². The number of hydrogen-bond acceptors (Lipinski definition) is 3. The Balaban J connectivity index is 1.63. The minimum Gasteiger partial charge on any atom is -0.389 e. The van der Waals surface area contributed by atoms with Gasteiger partial charge in [-0.2, -0.15) is 0 Å². The van der Waals surface area contributed by atoms with E-state index in [0.717, 1.165) is 63.7 Å². The van der Waals surface area contributed by atoms with Crippen molar-refractivity contribution in [2.75, 3.05) is 13.2 Å². The summed E-state index contributed by atoms with van der Waals surface area (Å²) in [5, 5.41) is 13.8. The zero-order chi connectivity index (χ0) is 16.8. The van der Waals surface area contributed by atoms with E-state index in [1.165, 1.54) is 0 Å². The number of rotatable bonds is 6. The first-order chi connectivity index (χ1) is 11.6. The van der Waals surface area contributed by atoms with E-state index in [9.17, 15) is 9.90 Å². The molecule has 4 nitrogen and oxygen atoms in total. The van der Waals surface area contributed by atoms with Crippen LogP contribution >= 0.6 is 0 Å². The highest BCUT2D eigenvalue weighted by Gasteiger charge is 2.32. The number of amides is 1. The largest absolute Gasteiger partial charge is 0.389 e. The molecule has 1 aromatic carbocycles. The lowest BCUT2D eigenvalue weighted by molar-refractivity contribution is -0.128. The van der Waals surface area contributed by atoms with Crippen molar-refractivity contribution in [1.82, 2.24) is 5.32 Å². The molecule has 1 aliphatic heterocycles. The molecule has 2 unspecified atom stereocenters. The van der Waals surface area contributed by atoms with Crippen LogP contribution in [-0.2, 0) is 9.53 Å². The summed E-state index contributed by atoms with van der Waals surface area (Å²) in [4.78, 5) is 12.6. The maximum absolute atomic E-state index is 12.6. The van der Waals surface area contributed by atoms with Gasteiger partial charge in [0.15, 0.2) is 0 Å². The van der Waals surface area contributed by atoms with Gasteiger partial charge in [-0.1, -0.05) is 49.6 Å². The topological polar surface area (TPSA) is 58.6 Å². The lowest BCUT2D eigenvalue weighted by Crippen LogP contribution is -2.40. The molecule has 0 radical (unpaired) electrons. The third-order valence-corrected chi connectivity index (χ3v) is 5.40. The summed E-state index contributed by atoms with van der Waals surface area (Å²) in [5.74, 6) is 0.459. The molecule has 0 aromatic heterocycles. The van der Waals surface area contributed by atoms with Crippen LogP contribution in [0.15, 0.2) is 30.3 Å². The lowest BCUT2D eigenvalue weighted by Gasteiger charge is -2.32. The molecule has 2 atom stereocenters. The molecule has 1 saturated heterocycles. The van der Waals surface area contributed by atoms with E-state index in [1.54, 1.807) is 0 Å². The van der Waals surface area contributed by atoms with Gasteiger partial charge in [-0.05, 0) is 37.2 Å². The normalized spacial score (nSPS) is 24.5. The summed E-state index contributed by atoms with van der Waals surface area (Å²) in [6.07, 6.45) is 6.86. The van der Waals surface area contributed by atoms with Gasteiger partial charge in [0, 0.05) is 13.2 Å². The Bertz CT molecular complexity index is 519. The van der Waals surface area contributed by atoms with Crippen LogP contribution in [0.25, 0.3) is 0 Å². The van der Waals surface area contributed by atoms with E-state index in [2.05, 4.69) is 17.4 Å². The molecule has 1 aromatic rings. The van der Waals surface area contributed by atoms with Gasteiger partial charge in [-0.3, -0.25) is 4.79 Å². The van der Waals surface area contributed by atoms with Crippen LogP contribution < -0.4 is 5.32 Å². The summed E-state index contributed by atoms with van der Waals surface area (Å²) in [7, 11) is 0. The van der Waals surface area contributed by atoms with E-state index >= 15 is 0 Å². The van der Waals surface area contributed by atoms with Gasteiger partial charge in [0.2, 0.25) is 5.91 Å². The molecule has 2 fully saturated rings. The van der Waals surface area contributed by atoms with Gasteiger partial charge in [-0.15, -0.1) is 0 Å². The number of hydrogen-bond donors (Lipinski definition) is 2. The standard InChI is InChI=1S/C20H29NO3/c22-19(14-20(23)10-5-2-6-11-20)21-18(13-16-9-12-24-15-16)17-7-3-1-4-8-17/h1,3-4,7-8,16,18,23H,2,5-6,9-15H2,(H,21,22). The van der Waals surface area contributed by atoms with Crippen molar-refractivity contribution in [2.45, 2.75) is 63.0 Å². The first-order valence-corrected chi connectivity index (χ1v) is 9.29. The predicted molar refractivity (Wildman–Crippen MR) is 93.5 cm³/mol. The predicted octanol–water partition coefficient (Wildman–Crippen LogP) is 3.36. The van der Waals surface area contributed by atoms with Crippen LogP contribution in [0.5, 0.6) is 0 Å². The Labute approximate surface area is 144 Å². The number of benzene rings is 1. The Morgan fingerprint density at radius 2 is 2.00 bits per heavy atom. The molecule has 3 rings (SSSR count). The molecule has 2 aliphatic rings. The first-order valence-electron chi connectivity index (χ1n) is 9.29. The maximum Gasteiger partial charge on any atom is 0.223 e. The van der Waals surface area contributed by atoms with Crippen molar-refractivity contribution in [3.05, 3.63) is 35.9 Å². The lowest BCUT2D eigenvalue weighted by atomic mass is 9.82. The molecule has 1 aliphatic carbocycles. The SMILES string of the molecule is O=C(CC1(O)CCCCC1)NC(CC1CCOC1)c1ccccc1. The van der Waals surface area contributed by atoms with Crippen molar-refractivity contribution in [3.8, 4) is 0 Å². The average Bonchev–Trinajstić information content (AvgIpc) is 3.08. The number of aliphatic hydroxyl groups is 1. The Morgan fingerprint density at radius 3 is 2.67 bits per heavy atom. The third-order valence-electron chi connectivity index (χ3n) is 5.40. The van der Waals surface area contributed by atoms with Crippen LogP contribution in [0.3, 0.4) is 0 Å². The second kappa shape index (κ2) is 8.13. The van der Waals surface area contributed by atoms with Gasteiger partial charge in [0.25, 0.3) is 0 Å². The molecule has 1 amide bonds. The molecular weight excluding hydrogens is 302 g/mol. The summed E-state index contributed by atoms with van der Waals surface area (Å²) in [6, 6.07) is 10.1. The molecule has 24 heavy (non-hydrogen) atoms. The molecule has 1 saturated carbocycles. The van der Waals surface area contributed by atoms with Gasteiger partial charge < -0.3 is 15.2 Å². The van der Waals surface area contributed by atoms with Crippen LogP contribution in [-0.4, -0.2) is 29.8 Å². The summed E-state index contributed by atoms with van der Waals surface area (Å²) in [5.41, 5.74) is 0.327. The molecular formula is C20H29NO3. The van der Waals surface area contributed by atoms with Crippen LogP contribution in [0.4, 0.5) is 0 Å². The second-order valence-corrected chi connectivity index (χ2v) is 7.46. The van der Waals surface area contributed by atoms with Crippen molar-refractivity contribution < 1.29 is 14.6 Å². The fraction of sp³-hybridized carbons (Fsp3) is 0.650. The van der Waals surface area contributed by atoms with Crippen molar-refractivity contribution in [3.63, 3.8) is 0 Å². The van der Waals surface area contributed by atoms with E-state index < -0.39 is 5.60 Å². The Kier molecular flexibility index (Phi) is 5.90. The molecule has 1 heterocycles. The average molecular weight is 331 g/mol. The number of nitrogens with one attached hydrogen (secondary N) is 1. The van der Waals surface area contributed by atoms with Crippen molar-refractivity contribution >= 4 is 5.91 Å². The van der Waals surface area contributed by atoms with Gasteiger partial charge >= 0.3 is 0 Å². The number of ether oxygens (including phenoxy) is 1. The Hall–Kier alpha value is -1.39. The molecule has 4 heteroatoms. The van der Waals surface area contributed by atoms with Crippen LogP contribution in [0, 0.1) is 5.92 Å². The highest BCUT2D eigenvalue weighted by Crippen LogP contribution is 2.32. The maximum atomic E-state index is 12.6. The second-order valence-electron chi connectivity index (χ2n) is 7.46. The quantitative estimate of drug-likeness (QED) is 0.840. The highest BCUT2D eigenvalue weighted by molar-refractivity contribution is 5.77. The third kappa shape index (κ3) is 4.81. The molecule has 0 spiro atoms. The molecule has 2 N–H and O–H groups in total. The minimum atomic E-state index is -0.806. The fourth-order valence-electron chi connectivity index (χ4n) is 4.00. The number of carbonyl (C=O) groups excluding carboxylic acids is 1. The molecule has 0 bridgehead atoms. The monoisotopic (exact) mass is 331 g/mol. The zero-order valence-electron chi connectivity index (χ0n) is 14.4. The van der Waals surface area contributed by atoms with E-state index in [0.29, 0.717) is 5.92 Å². The van der Waals surface area contributed by atoms with Gasteiger partial charge in [0.05, 0.1) is 18.1 Å².